The van der Waals surface area contributed by atoms with E-state index in [1.807, 2.05) is 37.3 Å². The quantitative estimate of drug-likeness (QED) is 0.636. The molecule has 0 saturated carbocycles. The smallest absolute Gasteiger partial charge is 0.313 e. The van der Waals surface area contributed by atoms with E-state index in [0.29, 0.717) is 22.2 Å². The van der Waals surface area contributed by atoms with Crippen LogP contribution in [0.15, 0.2) is 53.7 Å². The number of carboxylic acid groups (broad SMARTS) is 1. The molecule has 0 aliphatic rings. The molecule has 0 saturated heterocycles. The Morgan fingerprint density at radius 2 is 1.81 bits per heavy atom. The lowest BCUT2D eigenvalue weighted by molar-refractivity contribution is -0.133. The third-order valence-corrected chi connectivity index (χ3v) is 4.96. The Bertz CT molecular complexity index is 983. The number of aromatic nitrogens is 3. The zero-order chi connectivity index (χ0) is 19.4. The van der Waals surface area contributed by atoms with Crippen molar-refractivity contribution in [2.45, 2.75) is 12.1 Å². The standard InChI is InChI=1S/C19H18N4O3S/c1-12-5-3-4-6-15(12)18(26)20-14-9-7-13(8-10-14)17-21-22-19(23(17)2)27-11-16(24)25/h3-10H,11H2,1-2H3,(H,20,26)(H,24,25). The molecule has 0 atom stereocenters. The SMILES string of the molecule is Cc1ccccc1C(=O)Nc1ccc(-c2nnc(SCC(=O)O)n2C)cc1. The molecule has 0 fully saturated rings. The summed E-state index contributed by atoms with van der Waals surface area (Å²) in [6.07, 6.45) is 0. The van der Waals surface area contributed by atoms with Crippen LogP contribution in [0.1, 0.15) is 15.9 Å². The first-order valence-corrected chi connectivity index (χ1v) is 9.15. The number of hydrogen-bond acceptors (Lipinski definition) is 5. The van der Waals surface area contributed by atoms with E-state index >= 15 is 0 Å². The predicted molar refractivity (Wildman–Crippen MR) is 104 cm³/mol. The molecule has 3 rings (SSSR count). The van der Waals surface area contributed by atoms with Crippen molar-refractivity contribution in [2.75, 3.05) is 11.1 Å². The third-order valence-electron chi connectivity index (χ3n) is 3.95. The average Bonchev–Trinajstić information content (AvgIpc) is 3.01. The fraction of sp³-hybridized carbons (Fsp3) is 0.158. The van der Waals surface area contributed by atoms with Crippen LogP contribution < -0.4 is 5.32 Å². The van der Waals surface area contributed by atoms with Gasteiger partial charge in [0.25, 0.3) is 5.91 Å². The minimum atomic E-state index is -0.904. The highest BCUT2D eigenvalue weighted by Gasteiger charge is 2.13. The second-order valence-corrected chi connectivity index (χ2v) is 6.84. The van der Waals surface area contributed by atoms with E-state index in [1.54, 1.807) is 29.8 Å². The maximum Gasteiger partial charge on any atom is 0.313 e. The first-order valence-electron chi connectivity index (χ1n) is 8.17. The fourth-order valence-electron chi connectivity index (χ4n) is 2.55. The Balaban J connectivity index is 1.73. The largest absolute Gasteiger partial charge is 0.481 e. The number of nitrogens with zero attached hydrogens (tertiary/aromatic N) is 3. The number of amides is 1. The Hall–Kier alpha value is -3.13. The minimum Gasteiger partial charge on any atom is -0.481 e. The van der Waals surface area contributed by atoms with Crippen LogP contribution in [0, 0.1) is 6.92 Å². The van der Waals surface area contributed by atoms with E-state index in [0.717, 1.165) is 22.9 Å². The molecule has 8 heteroatoms. The number of benzene rings is 2. The molecule has 0 radical (unpaired) electrons. The molecule has 0 aliphatic carbocycles. The molecule has 0 aliphatic heterocycles. The molecule has 2 aromatic carbocycles. The highest BCUT2D eigenvalue weighted by Crippen LogP contribution is 2.24. The van der Waals surface area contributed by atoms with Crippen molar-refractivity contribution in [3.8, 4) is 11.4 Å². The van der Waals surface area contributed by atoms with Crippen molar-refractivity contribution >= 4 is 29.3 Å². The minimum absolute atomic E-state index is 0.0736. The van der Waals surface area contributed by atoms with Crippen LogP contribution in [0.3, 0.4) is 0 Å². The first-order chi connectivity index (χ1) is 13.0. The normalized spacial score (nSPS) is 10.6. The van der Waals surface area contributed by atoms with Gasteiger partial charge in [-0.1, -0.05) is 30.0 Å². The molecule has 27 heavy (non-hydrogen) atoms. The van der Waals surface area contributed by atoms with E-state index in [2.05, 4.69) is 15.5 Å². The summed E-state index contributed by atoms with van der Waals surface area (Å²) < 4.78 is 1.74. The maximum absolute atomic E-state index is 12.4. The summed E-state index contributed by atoms with van der Waals surface area (Å²) in [5, 5.41) is 20.3. The van der Waals surface area contributed by atoms with Crippen LogP contribution >= 0.6 is 11.8 Å². The number of carbonyl (C=O) groups excluding carboxylic acids is 1. The van der Waals surface area contributed by atoms with Gasteiger partial charge in [0.05, 0.1) is 5.75 Å². The number of rotatable bonds is 6. The van der Waals surface area contributed by atoms with Crippen molar-refractivity contribution in [3.05, 3.63) is 59.7 Å². The molecule has 0 unspecified atom stereocenters. The number of aryl methyl sites for hydroxylation is 1. The van der Waals surface area contributed by atoms with Gasteiger partial charge in [-0.3, -0.25) is 9.59 Å². The molecule has 1 amide bonds. The van der Waals surface area contributed by atoms with Gasteiger partial charge in [-0.15, -0.1) is 10.2 Å². The summed E-state index contributed by atoms with van der Waals surface area (Å²) in [6.45, 7) is 1.89. The van der Waals surface area contributed by atoms with E-state index in [1.165, 1.54) is 0 Å². The number of nitrogens with one attached hydrogen (secondary N) is 1. The van der Waals surface area contributed by atoms with Crippen LogP contribution in [0.25, 0.3) is 11.4 Å². The average molecular weight is 382 g/mol. The number of anilines is 1. The Morgan fingerprint density at radius 3 is 2.48 bits per heavy atom. The van der Waals surface area contributed by atoms with Crippen molar-refractivity contribution in [2.24, 2.45) is 7.05 Å². The van der Waals surface area contributed by atoms with E-state index < -0.39 is 5.97 Å². The molecule has 1 aromatic heterocycles. The van der Waals surface area contributed by atoms with Crippen LogP contribution in [-0.4, -0.2) is 37.5 Å². The lowest BCUT2D eigenvalue weighted by Gasteiger charge is -2.08. The van der Waals surface area contributed by atoms with Crippen molar-refractivity contribution in [3.63, 3.8) is 0 Å². The van der Waals surface area contributed by atoms with Gasteiger partial charge >= 0.3 is 5.97 Å². The number of thioether (sulfide) groups is 1. The Kier molecular flexibility index (Phi) is 5.56. The van der Waals surface area contributed by atoms with E-state index in [4.69, 9.17) is 5.11 Å². The van der Waals surface area contributed by atoms with Crippen LogP contribution in [0.2, 0.25) is 0 Å². The lowest BCUT2D eigenvalue weighted by Crippen LogP contribution is -2.13. The van der Waals surface area contributed by atoms with Gasteiger partial charge in [-0.2, -0.15) is 0 Å². The Labute approximate surface area is 160 Å². The second-order valence-electron chi connectivity index (χ2n) is 5.89. The first kappa shape index (κ1) is 18.7. The van der Waals surface area contributed by atoms with Crippen molar-refractivity contribution in [1.29, 1.82) is 0 Å². The number of aliphatic carboxylic acids is 1. The predicted octanol–water partition coefficient (Wildman–Crippen LogP) is 3.22. The molecule has 7 nitrogen and oxygen atoms in total. The van der Waals surface area contributed by atoms with Gasteiger partial charge in [0.15, 0.2) is 11.0 Å². The van der Waals surface area contributed by atoms with E-state index in [-0.39, 0.29) is 11.7 Å². The molecule has 0 spiro atoms. The summed E-state index contributed by atoms with van der Waals surface area (Å²) in [4.78, 5) is 23.1. The Morgan fingerprint density at radius 1 is 1.11 bits per heavy atom. The van der Waals surface area contributed by atoms with Gasteiger partial charge in [-0.05, 0) is 42.8 Å². The topological polar surface area (TPSA) is 97.1 Å². The molecule has 3 aromatic rings. The van der Waals surface area contributed by atoms with Gasteiger partial charge in [0, 0.05) is 23.9 Å². The number of carboxylic acids is 1. The highest BCUT2D eigenvalue weighted by molar-refractivity contribution is 7.99. The van der Waals surface area contributed by atoms with E-state index in [9.17, 15) is 9.59 Å². The summed E-state index contributed by atoms with van der Waals surface area (Å²) >= 11 is 1.11. The number of carbonyl (C=O) groups is 2. The molecule has 0 bridgehead atoms. The fourth-order valence-corrected chi connectivity index (χ4v) is 3.18. The number of hydrogen-bond donors (Lipinski definition) is 2. The van der Waals surface area contributed by atoms with Gasteiger partial charge < -0.3 is 15.0 Å². The van der Waals surface area contributed by atoms with Crippen LogP contribution in [0.5, 0.6) is 0 Å². The highest BCUT2D eigenvalue weighted by atomic mass is 32.2. The van der Waals surface area contributed by atoms with Gasteiger partial charge in [0.1, 0.15) is 0 Å². The molecule has 1 heterocycles. The van der Waals surface area contributed by atoms with Crippen molar-refractivity contribution in [1.82, 2.24) is 14.8 Å². The monoisotopic (exact) mass is 382 g/mol. The summed E-state index contributed by atoms with van der Waals surface area (Å²) in [5.41, 5.74) is 3.04. The van der Waals surface area contributed by atoms with Crippen LogP contribution in [0.4, 0.5) is 5.69 Å². The van der Waals surface area contributed by atoms with Crippen LogP contribution in [-0.2, 0) is 11.8 Å². The molecular formula is C19H18N4O3S. The molecular weight excluding hydrogens is 364 g/mol. The molecule has 2 N–H and O–H groups in total. The zero-order valence-electron chi connectivity index (χ0n) is 14.8. The summed E-state index contributed by atoms with van der Waals surface area (Å²) in [6, 6.07) is 14.7. The summed E-state index contributed by atoms with van der Waals surface area (Å²) in [7, 11) is 1.79. The zero-order valence-corrected chi connectivity index (χ0v) is 15.7. The maximum atomic E-state index is 12.4. The van der Waals surface area contributed by atoms with Crippen molar-refractivity contribution < 1.29 is 14.7 Å². The summed E-state index contributed by atoms with van der Waals surface area (Å²) in [5.74, 6) is -0.514. The lowest BCUT2D eigenvalue weighted by atomic mass is 10.1. The van der Waals surface area contributed by atoms with Gasteiger partial charge in [0.2, 0.25) is 0 Å². The second kappa shape index (κ2) is 8.05. The molecule has 138 valence electrons. The third kappa shape index (κ3) is 4.35. The van der Waals surface area contributed by atoms with Gasteiger partial charge in [-0.25, -0.2) is 0 Å².